The number of rotatable bonds is 6. The van der Waals surface area contributed by atoms with Crippen LogP contribution in [0.4, 0.5) is 0 Å². The van der Waals surface area contributed by atoms with E-state index in [2.05, 4.69) is 0 Å². The summed E-state index contributed by atoms with van der Waals surface area (Å²) in [5, 5.41) is 0. The third kappa shape index (κ3) is 5.13. The highest BCUT2D eigenvalue weighted by Crippen LogP contribution is 2.06. The zero-order valence-corrected chi connectivity index (χ0v) is 11.0. The molecule has 1 aromatic rings. The quantitative estimate of drug-likeness (QED) is 0.730. The SMILES string of the molecule is CCS(=O)CC(C)C(=O)OCc1ccccc1. The number of ether oxygens (including phenoxy) is 1. The van der Waals surface area contributed by atoms with Crippen molar-refractivity contribution < 1.29 is 13.7 Å². The van der Waals surface area contributed by atoms with Gasteiger partial charge in [0, 0.05) is 22.3 Å². The number of hydrogen-bond acceptors (Lipinski definition) is 3. The maximum atomic E-state index is 11.6. The first-order chi connectivity index (χ1) is 8.13. The van der Waals surface area contributed by atoms with Crippen LogP contribution < -0.4 is 0 Å². The maximum absolute atomic E-state index is 11.6. The predicted octanol–water partition coefficient (Wildman–Crippen LogP) is 2.13. The highest BCUT2D eigenvalue weighted by Gasteiger charge is 2.16. The van der Waals surface area contributed by atoms with Crippen LogP contribution in [0.15, 0.2) is 30.3 Å². The molecule has 0 saturated heterocycles. The van der Waals surface area contributed by atoms with Gasteiger partial charge in [0.2, 0.25) is 0 Å². The van der Waals surface area contributed by atoms with Gasteiger partial charge in [-0.25, -0.2) is 0 Å². The minimum atomic E-state index is -0.927. The van der Waals surface area contributed by atoms with E-state index < -0.39 is 10.8 Å². The number of hydrogen-bond donors (Lipinski definition) is 0. The summed E-state index contributed by atoms with van der Waals surface area (Å²) in [7, 11) is -0.927. The first-order valence-corrected chi connectivity index (χ1v) is 7.17. The van der Waals surface area contributed by atoms with Crippen molar-refractivity contribution in [3.05, 3.63) is 35.9 Å². The van der Waals surface area contributed by atoms with Gasteiger partial charge in [0.15, 0.2) is 0 Å². The molecule has 4 heteroatoms. The topological polar surface area (TPSA) is 43.4 Å². The molecule has 1 rings (SSSR count). The van der Waals surface area contributed by atoms with Crippen LogP contribution in [0.3, 0.4) is 0 Å². The van der Waals surface area contributed by atoms with E-state index in [1.807, 2.05) is 37.3 Å². The lowest BCUT2D eigenvalue weighted by atomic mass is 10.2. The monoisotopic (exact) mass is 254 g/mol. The molecule has 0 spiro atoms. The summed E-state index contributed by atoms with van der Waals surface area (Å²) in [4.78, 5) is 11.6. The molecule has 17 heavy (non-hydrogen) atoms. The van der Waals surface area contributed by atoms with Gasteiger partial charge >= 0.3 is 5.97 Å². The van der Waals surface area contributed by atoms with Crippen molar-refractivity contribution in [2.75, 3.05) is 11.5 Å². The lowest BCUT2D eigenvalue weighted by Gasteiger charge is -2.10. The molecule has 0 aliphatic carbocycles. The summed E-state index contributed by atoms with van der Waals surface area (Å²) in [6.07, 6.45) is 0. The Morgan fingerprint density at radius 3 is 2.59 bits per heavy atom. The molecule has 2 unspecified atom stereocenters. The Bertz CT molecular complexity index is 376. The molecular formula is C13H18O3S. The van der Waals surface area contributed by atoms with Crippen LogP contribution in [0.1, 0.15) is 19.4 Å². The number of carbonyl (C=O) groups is 1. The third-order valence-electron chi connectivity index (χ3n) is 2.38. The van der Waals surface area contributed by atoms with E-state index in [1.54, 1.807) is 6.92 Å². The summed E-state index contributed by atoms with van der Waals surface area (Å²) in [6.45, 7) is 3.88. The van der Waals surface area contributed by atoms with Crippen molar-refractivity contribution in [3.63, 3.8) is 0 Å². The van der Waals surface area contributed by atoms with Crippen LogP contribution in [0.2, 0.25) is 0 Å². The van der Waals surface area contributed by atoms with E-state index in [0.29, 0.717) is 11.5 Å². The third-order valence-corrected chi connectivity index (χ3v) is 3.90. The molecule has 94 valence electrons. The second-order valence-electron chi connectivity index (χ2n) is 3.89. The van der Waals surface area contributed by atoms with Gasteiger partial charge in [-0.05, 0) is 5.56 Å². The van der Waals surface area contributed by atoms with Crippen LogP contribution in [0.5, 0.6) is 0 Å². The molecule has 0 aliphatic rings. The highest BCUT2D eigenvalue weighted by molar-refractivity contribution is 7.84. The fourth-order valence-corrected chi connectivity index (χ4v) is 2.27. The Labute approximate surface area is 105 Å². The van der Waals surface area contributed by atoms with Crippen molar-refractivity contribution in [3.8, 4) is 0 Å². The fraction of sp³-hybridized carbons (Fsp3) is 0.462. The Kier molecular flexibility index (Phi) is 5.91. The van der Waals surface area contributed by atoms with Crippen LogP contribution in [0, 0.1) is 5.92 Å². The maximum Gasteiger partial charge on any atom is 0.309 e. The second kappa shape index (κ2) is 7.22. The van der Waals surface area contributed by atoms with E-state index >= 15 is 0 Å². The molecule has 0 N–H and O–H groups in total. The van der Waals surface area contributed by atoms with E-state index in [-0.39, 0.29) is 18.5 Å². The lowest BCUT2D eigenvalue weighted by molar-refractivity contribution is -0.148. The van der Waals surface area contributed by atoms with Crippen molar-refractivity contribution in [2.45, 2.75) is 20.5 Å². The minimum absolute atomic E-state index is 0.281. The normalized spacial score (nSPS) is 14.0. The molecule has 0 fully saturated rings. The van der Waals surface area contributed by atoms with E-state index in [9.17, 15) is 9.00 Å². The molecular weight excluding hydrogens is 236 g/mol. The highest BCUT2D eigenvalue weighted by atomic mass is 32.2. The molecule has 3 nitrogen and oxygen atoms in total. The van der Waals surface area contributed by atoms with Gasteiger partial charge in [0.1, 0.15) is 6.61 Å². The van der Waals surface area contributed by atoms with Gasteiger partial charge in [0.25, 0.3) is 0 Å². The van der Waals surface area contributed by atoms with Crippen LogP contribution in [0.25, 0.3) is 0 Å². The summed E-state index contributed by atoms with van der Waals surface area (Å²) in [5.74, 6) is 0.371. The van der Waals surface area contributed by atoms with Crippen molar-refractivity contribution in [1.29, 1.82) is 0 Å². The van der Waals surface area contributed by atoms with Crippen molar-refractivity contribution in [1.82, 2.24) is 0 Å². The number of esters is 1. The first-order valence-electron chi connectivity index (χ1n) is 5.69. The molecule has 2 atom stereocenters. The molecule has 0 aliphatic heterocycles. The van der Waals surface area contributed by atoms with E-state index in [1.165, 1.54) is 0 Å². The zero-order valence-electron chi connectivity index (χ0n) is 10.2. The zero-order chi connectivity index (χ0) is 12.7. The summed E-state index contributed by atoms with van der Waals surface area (Å²) < 4.78 is 16.5. The standard InChI is InChI=1S/C13H18O3S/c1-3-17(15)10-11(2)13(14)16-9-12-7-5-4-6-8-12/h4-8,11H,3,9-10H2,1-2H3. The van der Waals surface area contributed by atoms with Gasteiger partial charge in [0.05, 0.1) is 5.92 Å². The van der Waals surface area contributed by atoms with E-state index in [4.69, 9.17) is 4.74 Å². The minimum Gasteiger partial charge on any atom is -0.461 e. The van der Waals surface area contributed by atoms with Crippen LogP contribution in [-0.2, 0) is 26.9 Å². The molecule has 0 amide bonds. The average Bonchev–Trinajstić information content (AvgIpc) is 2.36. The van der Waals surface area contributed by atoms with Gasteiger partial charge in [-0.3, -0.25) is 9.00 Å². The summed E-state index contributed by atoms with van der Waals surface area (Å²) >= 11 is 0. The van der Waals surface area contributed by atoms with E-state index in [0.717, 1.165) is 5.56 Å². The first kappa shape index (κ1) is 13.9. The Hall–Kier alpha value is -1.16. The van der Waals surface area contributed by atoms with Crippen LogP contribution >= 0.6 is 0 Å². The molecule has 0 saturated carbocycles. The Balaban J connectivity index is 2.37. The molecule has 0 radical (unpaired) electrons. The molecule has 0 heterocycles. The summed E-state index contributed by atoms with van der Waals surface area (Å²) in [6, 6.07) is 9.53. The molecule has 0 bridgehead atoms. The molecule has 0 aromatic heterocycles. The van der Waals surface area contributed by atoms with Gasteiger partial charge in [-0.15, -0.1) is 0 Å². The lowest BCUT2D eigenvalue weighted by Crippen LogP contribution is -2.21. The fourth-order valence-electron chi connectivity index (χ4n) is 1.34. The largest absolute Gasteiger partial charge is 0.461 e. The number of carbonyl (C=O) groups excluding carboxylic acids is 1. The summed E-state index contributed by atoms with van der Waals surface area (Å²) in [5.41, 5.74) is 0.963. The molecule has 1 aromatic carbocycles. The van der Waals surface area contributed by atoms with Crippen LogP contribution in [-0.4, -0.2) is 21.7 Å². The van der Waals surface area contributed by atoms with Gasteiger partial charge in [-0.1, -0.05) is 44.2 Å². The second-order valence-corrected chi connectivity index (χ2v) is 5.68. The van der Waals surface area contributed by atoms with Gasteiger partial charge < -0.3 is 4.74 Å². The van der Waals surface area contributed by atoms with Crippen molar-refractivity contribution >= 4 is 16.8 Å². The number of benzene rings is 1. The smallest absolute Gasteiger partial charge is 0.309 e. The Morgan fingerprint density at radius 1 is 1.35 bits per heavy atom. The Morgan fingerprint density at radius 2 is 2.00 bits per heavy atom. The average molecular weight is 254 g/mol. The van der Waals surface area contributed by atoms with Gasteiger partial charge in [-0.2, -0.15) is 0 Å². The van der Waals surface area contributed by atoms with Crippen molar-refractivity contribution in [2.24, 2.45) is 5.92 Å². The predicted molar refractivity (Wildman–Crippen MR) is 69.0 cm³/mol.